The van der Waals surface area contributed by atoms with Crippen LogP contribution in [0.25, 0.3) is 0 Å². The zero-order chi connectivity index (χ0) is 17.1. The number of aromatic nitrogens is 3. The van der Waals surface area contributed by atoms with E-state index in [1.165, 1.54) is 10.6 Å². The number of aryl methyl sites for hydroxylation is 2. The van der Waals surface area contributed by atoms with Crippen molar-refractivity contribution in [2.75, 3.05) is 13.1 Å². The Morgan fingerprint density at radius 3 is 2.96 bits per heavy atom. The van der Waals surface area contributed by atoms with Gasteiger partial charge in [0.1, 0.15) is 0 Å². The van der Waals surface area contributed by atoms with Gasteiger partial charge in [0.05, 0.1) is 11.8 Å². The lowest BCUT2D eigenvalue weighted by atomic mass is 10.0. The highest BCUT2D eigenvalue weighted by Crippen LogP contribution is 2.21. The molecule has 3 heterocycles. The maximum atomic E-state index is 12.4. The van der Waals surface area contributed by atoms with E-state index in [4.69, 9.17) is 0 Å². The smallest absolute Gasteiger partial charge is 0.250 e. The first kappa shape index (κ1) is 16.4. The van der Waals surface area contributed by atoms with Gasteiger partial charge in [-0.1, -0.05) is 6.07 Å². The van der Waals surface area contributed by atoms with Crippen molar-refractivity contribution >= 4 is 5.91 Å². The molecule has 0 aliphatic carbocycles. The summed E-state index contributed by atoms with van der Waals surface area (Å²) in [6.07, 6.45) is 2.04. The summed E-state index contributed by atoms with van der Waals surface area (Å²) in [5.41, 5.74) is 1.78. The van der Waals surface area contributed by atoms with Crippen LogP contribution in [-0.4, -0.2) is 49.9 Å². The number of nitrogens with one attached hydrogen (secondary N) is 1. The number of rotatable bonds is 5. The molecule has 2 atom stereocenters. The molecule has 0 spiro atoms. The van der Waals surface area contributed by atoms with Crippen molar-refractivity contribution < 1.29 is 9.90 Å². The van der Waals surface area contributed by atoms with Crippen molar-refractivity contribution in [1.29, 1.82) is 0 Å². The van der Waals surface area contributed by atoms with Crippen LogP contribution in [0, 0.1) is 12.8 Å². The fourth-order valence-corrected chi connectivity index (χ4v) is 3.13. The van der Waals surface area contributed by atoms with E-state index in [-0.39, 0.29) is 23.8 Å². The number of aliphatic hydroxyl groups excluding tert-OH is 1. The highest BCUT2D eigenvalue weighted by atomic mass is 16.3. The quantitative estimate of drug-likeness (QED) is 0.827. The molecule has 2 aromatic rings. The topological polar surface area (TPSA) is 91.2 Å². The number of H-pyrrole nitrogens is 1. The average molecular weight is 330 g/mol. The SMILES string of the molecule is Cc1cc(C[C@@H]2CN(C(=O)CCn3ccccc3=O)C[C@@H]2O)n[nH]1. The molecular weight excluding hydrogens is 308 g/mol. The van der Waals surface area contributed by atoms with Crippen LogP contribution >= 0.6 is 0 Å². The van der Waals surface area contributed by atoms with Crippen LogP contribution in [0.5, 0.6) is 0 Å². The van der Waals surface area contributed by atoms with Gasteiger partial charge in [-0.05, 0) is 25.5 Å². The molecule has 0 radical (unpaired) electrons. The maximum absolute atomic E-state index is 12.4. The van der Waals surface area contributed by atoms with Gasteiger partial charge in [-0.3, -0.25) is 14.7 Å². The molecule has 2 aromatic heterocycles. The lowest BCUT2D eigenvalue weighted by Crippen LogP contribution is -2.31. The second kappa shape index (κ2) is 7.00. The van der Waals surface area contributed by atoms with Crippen LogP contribution < -0.4 is 5.56 Å². The van der Waals surface area contributed by atoms with Crippen molar-refractivity contribution in [2.45, 2.75) is 32.4 Å². The lowest BCUT2D eigenvalue weighted by molar-refractivity contribution is -0.130. The third-order valence-corrected chi connectivity index (χ3v) is 4.46. The number of carbonyl (C=O) groups is 1. The number of hydrogen-bond donors (Lipinski definition) is 2. The molecule has 1 aliphatic heterocycles. The number of hydrogen-bond acceptors (Lipinski definition) is 4. The van der Waals surface area contributed by atoms with Crippen LogP contribution in [0.15, 0.2) is 35.3 Å². The molecule has 128 valence electrons. The van der Waals surface area contributed by atoms with Gasteiger partial charge in [0.15, 0.2) is 0 Å². The minimum atomic E-state index is -0.537. The first-order chi connectivity index (χ1) is 11.5. The zero-order valence-corrected chi connectivity index (χ0v) is 13.7. The average Bonchev–Trinajstić information content (AvgIpc) is 3.13. The largest absolute Gasteiger partial charge is 0.391 e. The molecule has 7 nitrogen and oxygen atoms in total. The van der Waals surface area contributed by atoms with Gasteiger partial charge in [0.25, 0.3) is 5.56 Å². The Balaban J connectivity index is 1.55. The highest BCUT2D eigenvalue weighted by Gasteiger charge is 2.34. The van der Waals surface area contributed by atoms with E-state index in [9.17, 15) is 14.7 Å². The van der Waals surface area contributed by atoms with Crippen LogP contribution in [0.2, 0.25) is 0 Å². The Labute approximate surface area is 139 Å². The van der Waals surface area contributed by atoms with E-state index in [0.29, 0.717) is 26.1 Å². The number of pyridine rings is 1. The summed E-state index contributed by atoms with van der Waals surface area (Å²) in [4.78, 5) is 25.7. The minimum absolute atomic E-state index is 0.00361. The van der Waals surface area contributed by atoms with Gasteiger partial charge in [0, 0.05) is 49.9 Å². The predicted molar refractivity (Wildman–Crippen MR) is 88.4 cm³/mol. The van der Waals surface area contributed by atoms with Gasteiger partial charge in [-0.25, -0.2) is 0 Å². The van der Waals surface area contributed by atoms with Gasteiger partial charge in [-0.15, -0.1) is 0 Å². The van der Waals surface area contributed by atoms with Crippen molar-refractivity contribution in [3.05, 3.63) is 52.2 Å². The standard InChI is InChI=1S/C17H22N4O3/c1-12-8-14(19-18-12)9-13-10-21(11-15(13)22)17(24)5-7-20-6-3-2-4-16(20)23/h2-4,6,8,13,15,22H,5,7,9-11H2,1H3,(H,18,19)/t13-,15+/m1/s1. The van der Waals surface area contributed by atoms with Gasteiger partial charge in [0.2, 0.25) is 5.91 Å². The Kier molecular flexibility index (Phi) is 4.80. The van der Waals surface area contributed by atoms with Crippen LogP contribution in [0.3, 0.4) is 0 Å². The van der Waals surface area contributed by atoms with Crippen LogP contribution in [0.4, 0.5) is 0 Å². The molecule has 0 saturated carbocycles. The zero-order valence-electron chi connectivity index (χ0n) is 13.7. The molecule has 3 rings (SSSR count). The molecule has 1 fully saturated rings. The Morgan fingerprint density at radius 2 is 2.25 bits per heavy atom. The summed E-state index contributed by atoms with van der Waals surface area (Å²) in [6.45, 7) is 3.16. The first-order valence-electron chi connectivity index (χ1n) is 8.15. The fraction of sp³-hybridized carbons (Fsp3) is 0.471. The van der Waals surface area contributed by atoms with Crippen molar-refractivity contribution in [1.82, 2.24) is 19.7 Å². The molecule has 7 heteroatoms. The summed E-state index contributed by atoms with van der Waals surface area (Å²) in [5.74, 6) is -0.0402. The Bertz CT molecular complexity index is 767. The summed E-state index contributed by atoms with van der Waals surface area (Å²) >= 11 is 0. The molecular formula is C17H22N4O3. The van der Waals surface area contributed by atoms with Crippen molar-refractivity contribution in [3.8, 4) is 0 Å². The summed E-state index contributed by atoms with van der Waals surface area (Å²) < 4.78 is 1.52. The molecule has 1 saturated heterocycles. The van der Waals surface area contributed by atoms with E-state index in [2.05, 4.69) is 10.2 Å². The normalized spacial score (nSPS) is 20.5. The van der Waals surface area contributed by atoms with Gasteiger partial charge >= 0.3 is 0 Å². The predicted octanol–water partition coefficient (Wildman–Crippen LogP) is 0.332. The van der Waals surface area contributed by atoms with Crippen molar-refractivity contribution in [3.63, 3.8) is 0 Å². The fourth-order valence-electron chi connectivity index (χ4n) is 3.13. The number of carbonyl (C=O) groups excluding carboxylic acids is 1. The first-order valence-corrected chi connectivity index (χ1v) is 8.15. The lowest BCUT2D eigenvalue weighted by Gasteiger charge is -2.16. The molecule has 0 unspecified atom stereocenters. The second-order valence-corrected chi connectivity index (χ2v) is 6.35. The summed E-state index contributed by atoms with van der Waals surface area (Å²) in [7, 11) is 0. The summed E-state index contributed by atoms with van der Waals surface area (Å²) in [5, 5.41) is 17.3. The number of nitrogens with zero attached hydrogens (tertiary/aromatic N) is 3. The molecule has 1 amide bonds. The number of β-amino-alcohol motifs (C(OH)–C–C–N with tert-alkyl or cyclic N) is 1. The third kappa shape index (κ3) is 3.73. The van der Waals surface area contributed by atoms with E-state index < -0.39 is 6.10 Å². The van der Waals surface area contributed by atoms with Crippen LogP contribution in [-0.2, 0) is 17.8 Å². The van der Waals surface area contributed by atoms with Crippen molar-refractivity contribution in [2.24, 2.45) is 5.92 Å². The number of aromatic amines is 1. The molecule has 0 aromatic carbocycles. The molecule has 1 aliphatic rings. The molecule has 0 bridgehead atoms. The van der Waals surface area contributed by atoms with E-state index in [1.807, 2.05) is 13.0 Å². The highest BCUT2D eigenvalue weighted by molar-refractivity contribution is 5.76. The summed E-state index contributed by atoms with van der Waals surface area (Å²) in [6, 6.07) is 6.89. The van der Waals surface area contributed by atoms with Crippen LogP contribution in [0.1, 0.15) is 17.8 Å². The number of aliphatic hydroxyl groups is 1. The second-order valence-electron chi connectivity index (χ2n) is 6.35. The molecule has 2 N–H and O–H groups in total. The van der Waals surface area contributed by atoms with Gasteiger partial charge < -0.3 is 14.6 Å². The Hall–Kier alpha value is -2.41. The molecule has 24 heavy (non-hydrogen) atoms. The Morgan fingerprint density at radius 1 is 1.42 bits per heavy atom. The van der Waals surface area contributed by atoms with Gasteiger partial charge in [-0.2, -0.15) is 5.10 Å². The third-order valence-electron chi connectivity index (χ3n) is 4.46. The number of amides is 1. The van der Waals surface area contributed by atoms with E-state index in [1.54, 1.807) is 23.2 Å². The minimum Gasteiger partial charge on any atom is -0.391 e. The van der Waals surface area contributed by atoms with E-state index >= 15 is 0 Å². The number of likely N-dealkylation sites (tertiary alicyclic amines) is 1. The monoisotopic (exact) mass is 330 g/mol. The van der Waals surface area contributed by atoms with E-state index in [0.717, 1.165) is 11.4 Å². The maximum Gasteiger partial charge on any atom is 0.250 e.